The summed E-state index contributed by atoms with van der Waals surface area (Å²) in [6, 6.07) is 12.8. The molecule has 0 aliphatic rings. The number of nitriles is 1. The van der Waals surface area contributed by atoms with Gasteiger partial charge in [-0.25, -0.2) is 4.39 Å². The van der Waals surface area contributed by atoms with Crippen LogP contribution in [0.1, 0.15) is 28.4 Å². The number of anilines is 1. The third kappa shape index (κ3) is 3.21. The molecular formula is C16H13FN2O. The second kappa shape index (κ2) is 5.98. The molecular weight excluding hydrogens is 255 g/mol. The summed E-state index contributed by atoms with van der Waals surface area (Å²) >= 11 is 0. The van der Waals surface area contributed by atoms with Gasteiger partial charge in [-0.15, -0.1) is 0 Å². The fraction of sp³-hybridized carbons (Fsp3) is 0.125. The van der Waals surface area contributed by atoms with E-state index in [2.05, 4.69) is 5.32 Å². The second-order valence-corrected chi connectivity index (χ2v) is 4.35. The highest BCUT2D eigenvalue weighted by atomic mass is 19.1. The molecule has 3 nitrogen and oxygen atoms in total. The van der Waals surface area contributed by atoms with Crippen LogP contribution in [0.2, 0.25) is 0 Å². The number of aryl methyl sites for hydroxylation is 1. The van der Waals surface area contributed by atoms with Gasteiger partial charge in [0.25, 0.3) is 5.91 Å². The summed E-state index contributed by atoms with van der Waals surface area (Å²) in [7, 11) is 0. The van der Waals surface area contributed by atoms with Gasteiger partial charge in [-0.2, -0.15) is 5.26 Å². The van der Waals surface area contributed by atoms with Gasteiger partial charge in [0, 0.05) is 11.3 Å². The van der Waals surface area contributed by atoms with Crippen LogP contribution in [0, 0.1) is 17.1 Å². The molecule has 0 saturated heterocycles. The third-order valence-electron chi connectivity index (χ3n) is 2.88. The summed E-state index contributed by atoms with van der Waals surface area (Å²) < 4.78 is 13.3. The maximum atomic E-state index is 13.3. The molecule has 0 fully saturated rings. The van der Waals surface area contributed by atoms with Gasteiger partial charge in [-0.3, -0.25) is 4.79 Å². The lowest BCUT2D eigenvalue weighted by molar-refractivity contribution is 0.102. The van der Waals surface area contributed by atoms with Crippen LogP contribution >= 0.6 is 0 Å². The number of amides is 1. The number of hydrogen-bond acceptors (Lipinski definition) is 2. The van der Waals surface area contributed by atoms with Crippen LogP contribution in [-0.2, 0) is 6.42 Å². The van der Waals surface area contributed by atoms with Gasteiger partial charge >= 0.3 is 0 Å². The largest absolute Gasteiger partial charge is 0.322 e. The molecule has 0 unspecified atom stereocenters. The number of carbonyl (C=O) groups excluding carboxylic acids is 1. The van der Waals surface area contributed by atoms with Crippen molar-refractivity contribution in [3.63, 3.8) is 0 Å². The first-order valence-corrected chi connectivity index (χ1v) is 6.23. The van der Waals surface area contributed by atoms with E-state index in [1.165, 1.54) is 6.07 Å². The quantitative estimate of drug-likeness (QED) is 0.926. The molecule has 2 aromatic carbocycles. The lowest BCUT2D eigenvalue weighted by Crippen LogP contribution is -2.12. The summed E-state index contributed by atoms with van der Waals surface area (Å²) in [5.41, 5.74) is 2.00. The van der Waals surface area contributed by atoms with E-state index in [9.17, 15) is 9.18 Å². The number of nitrogens with one attached hydrogen (secondary N) is 1. The minimum absolute atomic E-state index is 0.123. The van der Waals surface area contributed by atoms with Crippen LogP contribution in [0.5, 0.6) is 0 Å². The minimum atomic E-state index is -0.600. The first kappa shape index (κ1) is 13.8. The molecule has 2 aromatic rings. The Hall–Kier alpha value is -2.67. The lowest BCUT2D eigenvalue weighted by atomic mass is 10.1. The summed E-state index contributed by atoms with van der Waals surface area (Å²) in [4.78, 5) is 12.0. The summed E-state index contributed by atoms with van der Waals surface area (Å²) in [6.07, 6.45) is 0.863. The molecule has 1 N–H and O–H groups in total. The molecule has 2 rings (SSSR count). The maximum Gasteiger partial charge on any atom is 0.255 e. The Labute approximate surface area is 116 Å². The Balaban J connectivity index is 2.24. The predicted molar refractivity (Wildman–Crippen MR) is 74.9 cm³/mol. The van der Waals surface area contributed by atoms with Gasteiger partial charge in [-0.05, 0) is 42.3 Å². The lowest BCUT2D eigenvalue weighted by Gasteiger charge is -2.07. The first-order valence-electron chi connectivity index (χ1n) is 6.23. The van der Waals surface area contributed by atoms with E-state index in [4.69, 9.17) is 5.26 Å². The zero-order chi connectivity index (χ0) is 14.5. The van der Waals surface area contributed by atoms with Gasteiger partial charge < -0.3 is 5.32 Å². The highest BCUT2D eigenvalue weighted by molar-refractivity contribution is 6.04. The van der Waals surface area contributed by atoms with Crippen LogP contribution in [-0.4, -0.2) is 5.91 Å². The van der Waals surface area contributed by atoms with Crippen molar-refractivity contribution >= 4 is 11.6 Å². The van der Waals surface area contributed by atoms with Gasteiger partial charge in [0.05, 0.1) is 11.6 Å². The number of halogens is 1. The molecule has 0 heterocycles. The van der Waals surface area contributed by atoms with Crippen molar-refractivity contribution in [2.24, 2.45) is 0 Å². The maximum absolute atomic E-state index is 13.3. The highest BCUT2D eigenvalue weighted by Gasteiger charge is 2.09. The minimum Gasteiger partial charge on any atom is -0.322 e. The summed E-state index contributed by atoms with van der Waals surface area (Å²) in [5, 5.41) is 11.5. The normalized spacial score (nSPS) is 9.85. The topological polar surface area (TPSA) is 52.9 Å². The van der Waals surface area contributed by atoms with E-state index in [-0.39, 0.29) is 11.1 Å². The monoisotopic (exact) mass is 268 g/mol. The Morgan fingerprint density at radius 3 is 2.80 bits per heavy atom. The van der Waals surface area contributed by atoms with Crippen molar-refractivity contribution < 1.29 is 9.18 Å². The van der Waals surface area contributed by atoms with Gasteiger partial charge in [-0.1, -0.05) is 19.1 Å². The average Bonchev–Trinajstić information content (AvgIpc) is 2.46. The molecule has 0 aliphatic carbocycles. The predicted octanol–water partition coefficient (Wildman–Crippen LogP) is 3.51. The standard InChI is InChI=1S/C16H13FN2O/c1-2-11-4-3-5-15(8-11)19-16(20)13-6-12(10-18)7-14(17)9-13/h3-9H,2H2,1H3,(H,19,20). The van der Waals surface area contributed by atoms with Crippen LogP contribution in [0.15, 0.2) is 42.5 Å². The Kier molecular flexibility index (Phi) is 4.11. The molecule has 0 bridgehead atoms. The first-order chi connectivity index (χ1) is 9.62. The SMILES string of the molecule is CCc1cccc(NC(=O)c2cc(F)cc(C#N)c2)c1. The van der Waals surface area contributed by atoms with Gasteiger partial charge in [0.1, 0.15) is 5.82 Å². The molecule has 0 aliphatic heterocycles. The van der Waals surface area contributed by atoms with Crippen LogP contribution < -0.4 is 5.32 Å². The van der Waals surface area contributed by atoms with Crippen molar-refractivity contribution in [2.75, 3.05) is 5.32 Å². The zero-order valence-corrected chi connectivity index (χ0v) is 11.0. The summed E-state index contributed by atoms with van der Waals surface area (Å²) in [5.74, 6) is -1.04. The molecule has 1 amide bonds. The van der Waals surface area contributed by atoms with E-state index >= 15 is 0 Å². The number of carbonyl (C=O) groups is 1. The molecule has 0 saturated carbocycles. The van der Waals surface area contributed by atoms with Crippen molar-refractivity contribution in [3.05, 3.63) is 65.0 Å². The molecule has 0 atom stereocenters. The highest BCUT2D eigenvalue weighted by Crippen LogP contribution is 2.14. The van der Waals surface area contributed by atoms with E-state index in [1.807, 2.05) is 31.2 Å². The Bertz CT molecular complexity index is 689. The van der Waals surface area contributed by atoms with E-state index in [0.29, 0.717) is 5.69 Å². The smallest absolute Gasteiger partial charge is 0.255 e. The fourth-order valence-corrected chi connectivity index (χ4v) is 1.86. The number of nitrogens with zero attached hydrogens (tertiary/aromatic N) is 1. The van der Waals surface area contributed by atoms with Crippen LogP contribution in [0.25, 0.3) is 0 Å². The zero-order valence-electron chi connectivity index (χ0n) is 11.0. The molecule has 20 heavy (non-hydrogen) atoms. The molecule has 4 heteroatoms. The van der Waals surface area contributed by atoms with Crippen molar-refractivity contribution in [1.29, 1.82) is 5.26 Å². The summed E-state index contributed by atoms with van der Waals surface area (Å²) in [6.45, 7) is 2.02. The number of hydrogen-bond donors (Lipinski definition) is 1. The van der Waals surface area contributed by atoms with Crippen LogP contribution in [0.4, 0.5) is 10.1 Å². The van der Waals surface area contributed by atoms with E-state index < -0.39 is 11.7 Å². The number of benzene rings is 2. The molecule has 0 aromatic heterocycles. The van der Waals surface area contributed by atoms with Crippen molar-refractivity contribution in [2.45, 2.75) is 13.3 Å². The fourth-order valence-electron chi connectivity index (χ4n) is 1.86. The molecule has 0 radical (unpaired) electrons. The Morgan fingerprint density at radius 2 is 2.10 bits per heavy atom. The molecule has 100 valence electrons. The van der Waals surface area contributed by atoms with E-state index in [1.54, 1.807) is 6.07 Å². The number of rotatable bonds is 3. The Morgan fingerprint density at radius 1 is 1.30 bits per heavy atom. The average molecular weight is 268 g/mol. The molecule has 0 spiro atoms. The third-order valence-corrected chi connectivity index (χ3v) is 2.88. The van der Waals surface area contributed by atoms with E-state index in [0.717, 1.165) is 24.1 Å². The van der Waals surface area contributed by atoms with Gasteiger partial charge in [0.15, 0.2) is 0 Å². The van der Waals surface area contributed by atoms with Crippen molar-refractivity contribution in [1.82, 2.24) is 0 Å². The van der Waals surface area contributed by atoms with Crippen LogP contribution in [0.3, 0.4) is 0 Å². The second-order valence-electron chi connectivity index (χ2n) is 4.35. The van der Waals surface area contributed by atoms with Gasteiger partial charge in [0.2, 0.25) is 0 Å². The van der Waals surface area contributed by atoms with Crippen molar-refractivity contribution in [3.8, 4) is 6.07 Å².